The van der Waals surface area contributed by atoms with Crippen molar-refractivity contribution in [3.8, 4) is 0 Å². The average Bonchev–Trinajstić information content (AvgIpc) is 2.31. The summed E-state index contributed by atoms with van der Waals surface area (Å²) in [5, 5.41) is 0. The molecule has 0 saturated heterocycles. The highest BCUT2D eigenvalue weighted by molar-refractivity contribution is 5.44. The summed E-state index contributed by atoms with van der Waals surface area (Å²) in [6, 6.07) is 9.48. The van der Waals surface area contributed by atoms with Gasteiger partial charge in [-0.2, -0.15) is 0 Å². The number of aromatic nitrogens is 2. The SMILES string of the molecule is Cc1cc(N(C)C)ccn1.Nc1ccccn1. The Morgan fingerprint density at radius 1 is 1.06 bits per heavy atom. The van der Waals surface area contributed by atoms with E-state index in [-0.39, 0.29) is 0 Å². The van der Waals surface area contributed by atoms with Gasteiger partial charge in [0.15, 0.2) is 0 Å². The number of nitrogens with zero attached hydrogens (tertiary/aromatic N) is 3. The molecule has 0 spiro atoms. The van der Waals surface area contributed by atoms with Gasteiger partial charge >= 0.3 is 0 Å². The van der Waals surface area contributed by atoms with Gasteiger partial charge in [0.25, 0.3) is 0 Å². The van der Waals surface area contributed by atoms with Crippen LogP contribution in [0.15, 0.2) is 42.7 Å². The molecule has 0 atom stereocenters. The molecular weight excluding hydrogens is 212 g/mol. The fraction of sp³-hybridized carbons (Fsp3) is 0.231. The highest BCUT2D eigenvalue weighted by Crippen LogP contribution is 2.09. The van der Waals surface area contributed by atoms with Crippen molar-refractivity contribution in [2.24, 2.45) is 0 Å². The van der Waals surface area contributed by atoms with E-state index < -0.39 is 0 Å². The summed E-state index contributed by atoms with van der Waals surface area (Å²) in [6.45, 7) is 1.99. The van der Waals surface area contributed by atoms with E-state index in [1.165, 1.54) is 5.69 Å². The van der Waals surface area contributed by atoms with Gasteiger partial charge in [0.2, 0.25) is 0 Å². The summed E-state index contributed by atoms with van der Waals surface area (Å²) in [5.74, 6) is 0.572. The van der Waals surface area contributed by atoms with Crippen LogP contribution >= 0.6 is 0 Å². The summed E-state index contributed by atoms with van der Waals surface area (Å²) < 4.78 is 0. The van der Waals surface area contributed by atoms with Crippen molar-refractivity contribution < 1.29 is 0 Å². The van der Waals surface area contributed by atoms with Crippen molar-refractivity contribution in [1.29, 1.82) is 0 Å². The Labute approximate surface area is 102 Å². The molecule has 2 aromatic rings. The van der Waals surface area contributed by atoms with E-state index >= 15 is 0 Å². The van der Waals surface area contributed by atoms with E-state index in [0.717, 1.165) is 5.69 Å². The zero-order chi connectivity index (χ0) is 12.7. The van der Waals surface area contributed by atoms with Crippen LogP contribution in [0.1, 0.15) is 5.69 Å². The number of nitrogen functional groups attached to an aromatic ring is 1. The zero-order valence-corrected chi connectivity index (χ0v) is 10.5. The fourth-order valence-electron chi connectivity index (χ4n) is 1.18. The second kappa shape index (κ2) is 6.48. The van der Waals surface area contributed by atoms with Crippen molar-refractivity contribution in [3.63, 3.8) is 0 Å². The van der Waals surface area contributed by atoms with Crippen molar-refractivity contribution in [2.45, 2.75) is 6.92 Å². The van der Waals surface area contributed by atoms with Crippen molar-refractivity contribution in [3.05, 3.63) is 48.4 Å². The summed E-state index contributed by atoms with van der Waals surface area (Å²) in [7, 11) is 4.05. The Bertz CT molecular complexity index is 440. The lowest BCUT2D eigenvalue weighted by molar-refractivity contribution is 1.10. The number of rotatable bonds is 1. The number of aryl methyl sites for hydroxylation is 1. The third-order valence-electron chi connectivity index (χ3n) is 2.08. The smallest absolute Gasteiger partial charge is 0.123 e. The molecule has 0 unspecified atom stereocenters. The summed E-state index contributed by atoms with van der Waals surface area (Å²) in [6.07, 6.45) is 3.49. The Morgan fingerprint density at radius 2 is 1.82 bits per heavy atom. The third-order valence-corrected chi connectivity index (χ3v) is 2.08. The predicted molar refractivity (Wildman–Crippen MR) is 72.0 cm³/mol. The van der Waals surface area contributed by atoms with Crippen molar-refractivity contribution in [1.82, 2.24) is 9.97 Å². The normalized spacial score (nSPS) is 9.12. The lowest BCUT2D eigenvalue weighted by atomic mass is 10.3. The van der Waals surface area contributed by atoms with Gasteiger partial charge in [-0.05, 0) is 31.2 Å². The lowest BCUT2D eigenvalue weighted by Crippen LogP contribution is -2.08. The van der Waals surface area contributed by atoms with E-state index in [1.54, 1.807) is 12.3 Å². The van der Waals surface area contributed by atoms with E-state index in [4.69, 9.17) is 5.73 Å². The molecule has 0 fully saturated rings. The van der Waals surface area contributed by atoms with E-state index in [2.05, 4.69) is 20.9 Å². The predicted octanol–water partition coefficient (Wildman–Crippen LogP) is 2.12. The monoisotopic (exact) mass is 230 g/mol. The van der Waals surface area contributed by atoms with Gasteiger partial charge < -0.3 is 10.6 Å². The standard InChI is InChI=1S/C8H12N2.C5H6N2/c1-7-6-8(10(2)3)4-5-9-7;6-5-3-1-2-4-7-5/h4-6H,1-3H3;1-4H,(H2,6,7). The van der Waals surface area contributed by atoms with Crippen LogP contribution in [0.2, 0.25) is 0 Å². The molecule has 0 aliphatic rings. The Balaban J connectivity index is 0.000000181. The largest absolute Gasteiger partial charge is 0.384 e. The lowest BCUT2D eigenvalue weighted by Gasteiger charge is -2.11. The summed E-state index contributed by atoms with van der Waals surface area (Å²) in [5.41, 5.74) is 7.51. The molecule has 0 saturated carbocycles. The third kappa shape index (κ3) is 4.97. The van der Waals surface area contributed by atoms with Gasteiger partial charge in [0, 0.05) is 37.9 Å². The van der Waals surface area contributed by atoms with E-state index in [1.807, 2.05) is 45.4 Å². The Morgan fingerprint density at radius 3 is 2.18 bits per heavy atom. The Hall–Kier alpha value is -2.10. The number of anilines is 2. The molecule has 2 heterocycles. The van der Waals surface area contributed by atoms with Crippen LogP contribution in [0.25, 0.3) is 0 Å². The minimum absolute atomic E-state index is 0.572. The molecule has 0 amide bonds. The fourth-order valence-corrected chi connectivity index (χ4v) is 1.18. The van der Waals surface area contributed by atoms with Crippen molar-refractivity contribution in [2.75, 3.05) is 24.7 Å². The topological polar surface area (TPSA) is 55.0 Å². The molecule has 2 rings (SSSR count). The van der Waals surface area contributed by atoms with Crippen LogP contribution in [-0.4, -0.2) is 24.1 Å². The van der Waals surface area contributed by atoms with E-state index in [0.29, 0.717) is 5.82 Å². The number of hydrogen-bond acceptors (Lipinski definition) is 4. The highest BCUT2D eigenvalue weighted by Gasteiger charge is 1.92. The molecule has 0 aromatic carbocycles. The molecular formula is C13H18N4. The minimum Gasteiger partial charge on any atom is -0.384 e. The molecule has 2 N–H and O–H groups in total. The van der Waals surface area contributed by atoms with Crippen LogP contribution < -0.4 is 10.6 Å². The quantitative estimate of drug-likeness (QED) is 0.815. The Kier molecular flexibility index (Phi) is 4.94. The van der Waals surface area contributed by atoms with Crippen LogP contribution in [0.4, 0.5) is 11.5 Å². The molecule has 4 nitrogen and oxygen atoms in total. The molecule has 0 bridgehead atoms. The molecule has 2 aromatic heterocycles. The summed E-state index contributed by atoms with van der Waals surface area (Å²) in [4.78, 5) is 9.92. The van der Waals surface area contributed by atoms with Gasteiger partial charge in [0.05, 0.1) is 0 Å². The van der Waals surface area contributed by atoms with Crippen LogP contribution in [-0.2, 0) is 0 Å². The van der Waals surface area contributed by atoms with Crippen LogP contribution in [0.5, 0.6) is 0 Å². The first-order valence-corrected chi connectivity index (χ1v) is 5.36. The van der Waals surface area contributed by atoms with E-state index in [9.17, 15) is 0 Å². The molecule has 17 heavy (non-hydrogen) atoms. The number of hydrogen-bond donors (Lipinski definition) is 1. The molecule has 0 aliphatic heterocycles. The maximum Gasteiger partial charge on any atom is 0.123 e. The van der Waals surface area contributed by atoms with Crippen molar-refractivity contribution >= 4 is 11.5 Å². The number of nitrogens with two attached hydrogens (primary N) is 1. The first-order valence-electron chi connectivity index (χ1n) is 5.36. The maximum absolute atomic E-state index is 5.25. The van der Waals surface area contributed by atoms with Gasteiger partial charge in [-0.1, -0.05) is 6.07 Å². The maximum atomic E-state index is 5.25. The van der Waals surface area contributed by atoms with Gasteiger partial charge in [-0.15, -0.1) is 0 Å². The first kappa shape index (κ1) is 13.0. The minimum atomic E-state index is 0.572. The molecule has 0 radical (unpaired) electrons. The molecule has 4 heteroatoms. The van der Waals surface area contributed by atoms with Crippen LogP contribution in [0.3, 0.4) is 0 Å². The average molecular weight is 230 g/mol. The number of pyridine rings is 2. The van der Waals surface area contributed by atoms with Gasteiger partial charge in [-0.3, -0.25) is 4.98 Å². The second-order valence-corrected chi connectivity index (χ2v) is 3.80. The molecule has 90 valence electrons. The van der Waals surface area contributed by atoms with Crippen LogP contribution in [0, 0.1) is 6.92 Å². The first-order chi connectivity index (χ1) is 8.09. The second-order valence-electron chi connectivity index (χ2n) is 3.80. The molecule has 0 aliphatic carbocycles. The van der Waals surface area contributed by atoms with Gasteiger partial charge in [-0.25, -0.2) is 4.98 Å². The van der Waals surface area contributed by atoms with Gasteiger partial charge in [0.1, 0.15) is 5.82 Å². The highest BCUT2D eigenvalue weighted by atomic mass is 15.1. The summed E-state index contributed by atoms with van der Waals surface area (Å²) >= 11 is 0. The zero-order valence-electron chi connectivity index (χ0n) is 10.5.